The number of carbonyl (C=O) groups is 2. The molecular formula is C24H25N3O2S. The van der Waals surface area contributed by atoms with Gasteiger partial charge >= 0.3 is 0 Å². The number of rotatable bonds is 5. The number of carbonyl (C=O) groups excluding carboxylic acids is 2. The predicted octanol–water partition coefficient (Wildman–Crippen LogP) is 4.92. The zero-order valence-corrected chi connectivity index (χ0v) is 18.0. The van der Waals surface area contributed by atoms with Crippen LogP contribution in [0.5, 0.6) is 0 Å². The molecule has 3 aromatic rings. The summed E-state index contributed by atoms with van der Waals surface area (Å²) in [5.74, 6) is -0.111. The number of nitrogens with zero attached hydrogens (tertiary/aromatic N) is 2. The van der Waals surface area contributed by atoms with Crippen molar-refractivity contribution in [3.63, 3.8) is 0 Å². The van der Waals surface area contributed by atoms with E-state index < -0.39 is 0 Å². The summed E-state index contributed by atoms with van der Waals surface area (Å²) in [5, 5.41) is 5.17. The second kappa shape index (κ2) is 8.79. The van der Waals surface area contributed by atoms with E-state index in [0.717, 1.165) is 19.4 Å². The van der Waals surface area contributed by atoms with E-state index in [9.17, 15) is 9.59 Å². The number of amides is 2. The van der Waals surface area contributed by atoms with Crippen LogP contribution in [-0.4, -0.2) is 28.2 Å². The molecule has 2 aromatic carbocycles. The van der Waals surface area contributed by atoms with Gasteiger partial charge in [0.1, 0.15) is 0 Å². The van der Waals surface area contributed by atoms with Gasteiger partial charge in [0.05, 0.1) is 18.2 Å². The van der Waals surface area contributed by atoms with Crippen molar-refractivity contribution >= 4 is 28.3 Å². The number of nitrogens with one attached hydrogen (secondary N) is 1. The van der Waals surface area contributed by atoms with Crippen molar-refractivity contribution in [2.45, 2.75) is 39.2 Å². The summed E-state index contributed by atoms with van der Waals surface area (Å²) in [6.07, 6.45) is 2.25. The molecule has 0 bridgehead atoms. The summed E-state index contributed by atoms with van der Waals surface area (Å²) in [4.78, 5) is 31.7. The van der Waals surface area contributed by atoms with Crippen LogP contribution in [0.4, 0.5) is 5.13 Å². The molecular weight excluding hydrogens is 394 g/mol. The van der Waals surface area contributed by atoms with Gasteiger partial charge in [-0.15, -0.1) is 11.3 Å². The van der Waals surface area contributed by atoms with Crippen LogP contribution in [0.1, 0.15) is 51.6 Å². The van der Waals surface area contributed by atoms with Crippen molar-refractivity contribution < 1.29 is 9.59 Å². The highest BCUT2D eigenvalue weighted by Gasteiger charge is 2.30. The summed E-state index contributed by atoms with van der Waals surface area (Å²) >= 11 is 1.34. The van der Waals surface area contributed by atoms with Crippen molar-refractivity contribution in [3.8, 4) is 0 Å². The minimum atomic E-state index is -0.197. The van der Waals surface area contributed by atoms with Crippen LogP contribution >= 0.6 is 11.3 Å². The van der Waals surface area contributed by atoms with E-state index in [4.69, 9.17) is 0 Å². The fourth-order valence-electron chi connectivity index (χ4n) is 4.07. The van der Waals surface area contributed by atoms with Gasteiger partial charge in [-0.2, -0.15) is 0 Å². The van der Waals surface area contributed by atoms with Gasteiger partial charge in [-0.05, 0) is 44.4 Å². The molecule has 0 aliphatic carbocycles. The van der Waals surface area contributed by atoms with E-state index in [0.29, 0.717) is 16.4 Å². The normalized spacial score (nSPS) is 15.9. The van der Waals surface area contributed by atoms with Crippen LogP contribution in [0.3, 0.4) is 0 Å². The number of aryl methyl sites for hydroxylation is 2. The third-order valence-electron chi connectivity index (χ3n) is 5.34. The Balaban J connectivity index is 1.42. The van der Waals surface area contributed by atoms with Crippen LogP contribution in [0, 0.1) is 13.8 Å². The standard InChI is InChI=1S/C24H25N3O2S/c1-16-11-17(2)13-19(12-16)21-9-6-10-27(21)22(28)14-20-15-30-24(25-20)26-23(29)18-7-4-3-5-8-18/h3-5,7-8,11-13,15,21H,6,9-10,14H2,1-2H3,(H,25,26,29). The average molecular weight is 420 g/mol. The van der Waals surface area contributed by atoms with E-state index in [1.807, 2.05) is 28.5 Å². The lowest BCUT2D eigenvalue weighted by molar-refractivity contribution is -0.131. The van der Waals surface area contributed by atoms with Crippen LogP contribution < -0.4 is 5.32 Å². The second-order valence-electron chi connectivity index (χ2n) is 7.81. The monoisotopic (exact) mass is 419 g/mol. The molecule has 6 heteroatoms. The summed E-state index contributed by atoms with van der Waals surface area (Å²) < 4.78 is 0. The minimum absolute atomic E-state index is 0.0860. The third kappa shape index (κ3) is 4.60. The highest BCUT2D eigenvalue weighted by atomic mass is 32.1. The molecule has 5 nitrogen and oxygen atoms in total. The Bertz CT molecular complexity index is 1040. The number of hydrogen-bond donors (Lipinski definition) is 1. The molecule has 1 fully saturated rings. The summed E-state index contributed by atoms with van der Waals surface area (Å²) in [6.45, 7) is 4.97. The topological polar surface area (TPSA) is 62.3 Å². The first-order chi connectivity index (χ1) is 14.5. The molecule has 1 aliphatic heterocycles. The molecule has 2 amide bonds. The molecule has 1 saturated heterocycles. The first kappa shape index (κ1) is 20.3. The number of thiazole rings is 1. The van der Waals surface area contributed by atoms with Crippen LogP contribution in [-0.2, 0) is 11.2 Å². The lowest BCUT2D eigenvalue weighted by Gasteiger charge is -2.25. The Hall–Kier alpha value is -2.99. The van der Waals surface area contributed by atoms with Gasteiger partial charge < -0.3 is 4.90 Å². The molecule has 1 aromatic heterocycles. The molecule has 1 aliphatic rings. The maximum Gasteiger partial charge on any atom is 0.257 e. The van der Waals surface area contributed by atoms with Gasteiger partial charge in [-0.25, -0.2) is 4.98 Å². The lowest BCUT2D eigenvalue weighted by Crippen LogP contribution is -2.32. The van der Waals surface area contributed by atoms with Crippen molar-refractivity contribution in [1.29, 1.82) is 0 Å². The number of aromatic nitrogens is 1. The number of likely N-dealkylation sites (tertiary alicyclic amines) is 1. The van der Waals surface area contributed by atoms with E-state index in [1.165, 1.54) is 28.0 Å². The van der Waals surface area contributed by atoms with Crippen molar-refractivity contribution in [2.24, 2.45) is 0 Å². The maximum absolute atomic E-state index is 13.0. The molecule has 1 atom stereocenters. The van der Waals surface area contributed by atoms with E-state index in [1.54, 1.807) is 12.1 Å². The Morgan fingerprint density at radius 2 is 1.87 bits per heavy atom. The first-order valence-corrected chi connectivity index (χ1v) is 11.1. The summed E-state index contributed by atoms with van der Waals surface area (Å²) in [5.41, 5.74) is 4.94. The highest BCUT2D eigenvalue weighted by Crippen LogP contribution is 2.33. The summed E-state index contributed by atoms with van der Waals surface area (Å²) in [7, 11) is 0. The molecule has 0 spiro atoms. The van der Waals surface area contributed by atoms with Crippen LogP contribution in [0.2, 0.25) is 0 Å². The lowest BCUT2D eigenvalue weighted by atomic mass is 9.99. The van der Waals surface area contributed by atoms with Gasteiger partial charge in [0.25, 0.3) is 5.91 Å². The maximum atomic E-state index is 13.0. The fourth-order valence-corrected chi connectivity index (χ4v) is 4.78. The van der Waals surface area contributed by atoms with E-state index in [-0.39, 0.29) is 24.3 Å². The molecule has 1 N–H and O–H groups in total. The average Bonchev–Trinajstić information content (AvgIpc) is 3.37. The Kier molecular flexibility index (Phi) is 5.95. The van der Waals surface area contributed by atoms with Gasteiger partial charge in [0.15, 0.2) is 5.13 Å². The molecule has 30 heavy (non-hydrogen) atoms. The van der Waals surface area contributed by atoms with Gasteiger partial charge in [0, 0.05) is 17.5 Å². The van der Waals surface area contributed by atoms with Crippen molar-refractivity contribution in [3.05, 3.63) is 81.9 Å². The largest absolute Gasteiger partial charge is 0.335 e. The first-order valence-electron chi connectivity index (χ1n) is 10.2. The highest BCUT2D eigenvalue weighted by molar-refractivity contribution is 7.14. The van der Waals surface area contributed by atoms with Gasteiger partial charge in [-0.3, -0.25) is 14.9 Å². The van der Waals surface area contributed by atoms with Gasteiger partial charge in [0.2, 0.25) is 5.91 Å². The van der Waals surface area contributed by atoms with Crippen molar-refractivity contribution in [2.75, 3.05) is 11.9 Å². The number of anilines is 1. The Morgan fingerprint density at radius 1 is 1.13 bits per heavy atom. The fraction of sp³-hybridized carbons (Fsp3) is 0.292. The number of hydrogen-bond acceptors (Lipinski definition) is 4. The molecule has 2 heterocycles. The molecule has 0 saturated carbocycles. The van der Waals surface area contributed by atoms with Crippen LogP contribution in [0.15, 0.2) is 53.9 Å². The predicted molar refractivity (Wildman–Crippen MR) is 120 cm³/mol. The molecule has 4 rings (SSSR count). The third-order valence-corrected chi connectivity index (χ3v) is 6.15. The Labute approximate surface area is 180 Å². The summed E-state index contributed by atoms with van der Waals surface area (Å²) in [6, 6.07) is 15.7. The van der Waals surface area contributed by atoms with Gasteiger partial charge in [-0.1, -0.05) is 47.5 Å². The smallest absolute Gasteiger partial charge is 0.257 e. The molecule has 1 unspecified atom stereocenters. The quantitative estimate of drug-likeness (QED) is 0.639. The zero-order valence-electron chi connectivity index (χ0n) is 17.2. The SMILES string of the molecule is Cc1cc(C)cc(C2CCCN2C(=O)Cc2csc(NC(=O)c3ccccc3)n2)c1. The zero-order chi connectivity index (χ0) is 21.1. The molecule has 154 valence electrons. The number of benzene rings is 2. The van der Waals surface area contributed by atoms with Crippen molar-refractivity contribution in [1.82, 2.24) is 9.88 Å². The molecule has 0 radical (unpaired) electrons. The minimum Gasteiger partial charge on any atom is -0.335 e. The Morgan fingerprint density at radius 3 is 2.60 bits per heavy atom. The van der Waals surface area contributed by atoms with E-state index in [2.05, 4.69) is 42.3 Å². The van der Waals surface area contributed by atoms with Crippen LogP contribution in [0.25, 0.3) is 0 Å². The second-order valence-corrected chi connectivity index (χ2v) is 8.67. The van der Waals surface area contributed by atoms with E-state index >= 15 is 0 Å².